The molecule has 23 heteroatoms. The Balaban J connectivity index is 0. The fraction of sp³-hybridized carbons (Fsp3) is 0.500. The molecule has 0 aliphatic rings. The topological polar surface area (TPSA) is 394 Å². The van der Waals surface area contributed by atoms with Gasteiger partial charge >= 0.3 is 71.6 Å². The summed E-state index contributed by atoms with van der Waals surface area (Å²) in [6.07, 6.45) is -8.97. The highest BCUT2D eigenvalue weighted by molar-refractivity contribution is 5.93. The average molecular weight is 684 g/mol. The number of ether oxygens (including phenoxy) is 3. The van der Waals surface area contributed by atoms with Gasteiger partial charge in [-0.05, 0) is 0 Å². The highest BCUT2D eigenvalue weighted by Crippen LogP contribution is 2.25. The molecule has 8 N–H and O–H groups in total. The number of hydrogen-bond acceptors (Lipinski definition) is 16. The van der Waals surface area contributed by atoms with Crippen molar-refractivity contribution < 1.29 is 113 Å². The standard InChI is InChI=1S/C12H14O13.C12H14O10/c13-5(14)1-11(24,9(20)21)4-8(19)25-12(10(22)23,2-6(15)16)3-7(17)18;13-7(14)1-3-9(17)21-11(19)5-6-12(20)22-10(18)4-2-8(15)16/h24H,1-4H2,(H,13,14)(H,15,16)(H,17,18)(H,20,21)(H,22,23);1-6H2,(H,13,14)(H,15,16). The van der Waals surface area contributed by atoms with E-state index in [0.29, 0.717) is 0 Å². The number of hydrogen-bond donors (Lipinski definition) is 8. The molecule has 0 fully saturated rings. The molecule has 0 rings (SSSR count). The molecule has 47 heavy (non-hydrogen) atoms. The van der Waals surface area contributed by atoms with Gasteiger partial charge in [0.2, 0.25) is 5.60 Å². The third kappa shape index (κ3) is 19.8. The Morgan fingerprint density at radius 3 is 0.957 bits per heavy atom. The Morgan fingerprint density at radius 2 is 0.702 bits per heavy atom. The van der Waals surface area contributed by atoms with Gasteiger partial charge in [-0.15, -0.1) is 0 Å². The van der Waals surface area contributed by atoms with Gasteiger partial charge in [0.25, 0.3) is 0 Å². The van der Waals surface area contributed by atoms with Crippen LogP contribution in [0.25, 0.3) is 0 Å². The molecule has 23 nitrogen and oxygen atoms in total. The van der Waals surface area contributed by atoms with E-state index in [2.05, 4.69) is 14.2 Å². The highest BCUT2D eigenvalue weighted by atomic mass is 16.6. The van der Waals surface area contributed by atoms with Crippen molar-refractivity contribution in [3.8, 4) is 0 Å². The van der Waals surface area contributed by atoms with Crippen LogP contribution in [0, 0.1) is 0 Å². The maximum Gasteiger partial charge on any atom is 0.349 e. The van der Waals surface area contributed by atoms with Gasteiger partial charge in [-0.25, -0.2) is 9.59 Å². The van der Waals surface area contributed by atoms with Crippen molar-refractivity contribution in [3.63, 3.8) is 0 Å². The zero-order valence-electron chi connectivity index (χ0n) is 23.8. The van der Waals surface area contributed by atoms with E-state index in [1.165, 1.54) is 0 Å². The molecular weight excluding hydrogens is 656 g/mol. The Morgan fingerprint density at radius 1 is 0.383 bits per heavy atom. The van der Waals surface area contributed by atoms with Crippen molar-refractivity contribution in [2.45, 2.75) is 75.4 Å². The lowest BCUT2D eigenvalue weighted by molar-refractivity contribution is -0.191. The van der Waals surface area contributed by atoms with Gasteiger partial charge in [0.15, 0.2) is 5.60 Å². The van der Waals surface area contributed by atoms with Crippen LogP contribution in [0.5, 0.6) is 0 Å². The fourth-order valence-corrected chi connectivity index (χ4v) is 2.85. The molecule has 0 aliphatic carbocycles. The number of aliphatic carboxylic acids is 7. The number of carboxylic acid groups (broad SMARTS) is 7. The van der Waals surface area contributed by atoms with E-state index in [-0.39, 0.29) is 0 Å². The predicted molar refractivity (Wildman–Crippen MR) is 136 cm³/mol. The molecule has 0 aromatic heterocycles. The Labute approximate surface area is 260 Å². The van der Waals surface area contributed by atoms with Gasteiger partial charge in [-0.3, -0.25) is 47.9 Å². The average Bonchev–Trinajstić information content (AvgIpc) is 2.88. The van der Waals surface area contributed by atoms with E-state index in [4.69, 9.17) is 35.7 Å². The molecule has 1 atom stereocenters. The van der Waals surface area contributed by atoms with Crippen LogP contribution < -0.4 is 0 Å². The number of carbonyl (C=O) groups excluding carboxylic acids is 5. The second-order valence-electron chi connectivity index (χ2n) is 8.98. The normalized spacial score (nSPS) is 11.6. The first kappa shape index (κ1) is 43.1. The fourth-order valence-electron chi connectivity index (χ4n) is 2.85. The molecule has 0 aromatic rings. The number of aliphatic hydroxyl groups is 1. The molecule has 0 bridgehead atoms. The predicted octanol–water partition coefficient (Wildman–Crippen LogP) is -2.38. The molecule has 0 aromatic carbocycles. The summed E-state index contributed by atoms with van der Waals surface area (Å²) in [5.74, 6) is -18.2. The molecule has 1 unspecified atom stereocenters. The van der Waals surface area contributed by atoms with Crippen LogP contribution in [0.4, 0.5) is 0 Å². The summed E-state index contributed by atoms with van der Waals surface area (Å²) in [5, 5.41) is 70.1. The maximum absolute atomic E-state index is 11.7. The lowest BCUT2D eigenvalue weighted by Crippen LogP contribution is -2.49. The van der Waals surface area contributed by atoms with Gasteiger partial charge < -0.3 is 55.1 Å². The Bertz CT molecular complexity index is 1220. The number of rotatable bonds is 20. The minimum absolute atomic E-state index is 0.487. The van der Waals surface area contributed by atoms with E-state index in [9.17, 15) is 62.6 Å². The first-order valence-corrected chi connectivity index (χ1v) is 12.4. The van der Waals surface area contributed by atoms with E-state index >= 15 is 0 Å². The van der Waals surface area contributed by atoms with E-state index in [0.717, 1.165) is 0 Å². The first-order valence-electron chi connectivity index (χ1n) is 12.4. The third-order valence-electron chi connectivity index (χ3n) is 4.93. The van der Waals surface area contributed by atoms with Crippen molar-refractivity contribution in [1.29, 1.82) is 0 Å². The van der Waals surface area contributed by atoms with Gasteiger partial charge in [-0.2, -0.15) is 0 Å². The molecule has 0 heterocycles. The van der Waals surface area contributed by atoms with Gasteiger partial charge in [0, 0.05) is 0 Å². The molecule has 262 valence electrons. The van der Waals surface area contributed by atoms with Crippen molar-refractivity contribution in [2.24, 2.45) is 0 Å². The summed E-state index contributed by atoms with van der Waals surface area (Å²) in [4.78, 5) is 131. The van der Waals surface area contributed by atoms with Gasteiger partial charge in [0.1, 0.15) is 0 Å². The van der Waals surface area contributed by atoms with Crippen molar-refractivity contribution in [2.75, 3.05) is 0 Å². The third-order valence-corrected chi connectivity index (χ3v) is 4.93. The largest absolute Gasteiger partial charge is 0.481 e. The van der Waals surface area contributed by atoms with Crippen molar-refractivity contribution in [3.05, 3.63) is 0 Å². The first-order chi connectivity index (χ1) is 21.4. The lowest BCUT2D eigenvalue weighted by Gasteiger charge is -2.28. The van der Waals surface area contributed by atoms with Crippen LogP contribution in [0.1, 0.15) is 64.2 Å². The number of esters is 5. The minimum Gasteiger partial charge on any atom is -0.481 e. The second kappa shape index (κ2) is 20.1. The van der Waals surface area contributed by atoms with E-state index in [1.807, 2.05) is 0 Å². The van der Waals surface area contributed by atoms with Gasteiger partial charge in [0.05, 0.1) is 64.2 Å². The van der Waals surface area contributed by atoms with Gasteiger partial charge in [-0.1, -0.05) is 0 Å². The summed E-state index contributed by atoms with van der Waals surface area (Å²) >= 11 is 0. The number of carbonyl (C=O) groups is 12. The Hall–Kier alpha value is -6.00. The molecular formula is C24H28O23. The molecule has 0 saturated carbocycles. The van der Waals surface area contributed by atoms with Crippen LogP contribution in [-0.4, -0.2) is 124 Å². The quantitative estimate of drug-likeness (QED) is 0.0377. The van der Waals surface area contributed by atoms with Crippen LogP contribution in [0.3, 0.4) is 0 Å². The summed E-state index contributed by atoms with van der Waals surface area (Å²) in [6.45, 7) is 0. The molecule has 0 amide bonds. The lowest BCUT2D eigenvalue weighted by atomic mass is 9.93. The molecule has 0 radical (unpaired) electrons. The van der Waals surface area contributed by atoms with E-state index in [1.54, 1.807) is 0 Å². The van der Waals surface area contributed by atoms with Crippen molar-refractivity contribution in [1.82, 2.24) is 0 Å². The second-order valence-corrected chi connectivity index (χ2v) is 8.98. The highest BCUT2D eigenvalue weighted by Gasteiger charge is 2.49. The van der Waals surface area contributed by atoms with Crippen LogP contribution in [0.2, 0.25) is 0 Å². The Kier molecular flexibility index (Phi) is 18.5. The summed E-state index contributed by atoms with van der Waals surface area (Å²) in [7, 11) is 0. The summed E-state index contributed by atoms with van der Waals surface area (Å²) in [6, 6.07) is 0. The number of carboxylic acids is 7. The van der Waals surface area contributed by atoms with E-state index < -0.39 is 147 Å². The van der Waals surface area contributed by atoms with Crippen LogP contribution >= 0.6 is 0 Å². The molecule has 0 aliphatic heterocycles. The zero-order valence-corrected chi connectivity index (χ0v) is 23.8. The smallest absolute Gasteiger partial charge is 0.349 e. The molecule has 0 saturated heterocycles. The minimum atomic E-state index is -3.17. The van der Waals surface area contributed by atoms with Crippen molar-refractivity contribution >= 4 is 71.6 Å². The summed E-state index contributed by atoms with van der Waals surface area (Å²) in [5.41, 5.74) is -6.24. The zero-order chi connectivity index (χ0) is 37.1. The van der Waals surface area contributed by atoms with Crippen LogP contribution in [-0.2, 0) is 71.7 Å². The van der Waals surface area contributed by atoms with Crippen LogP contribution in [0.15, 0.2) is 0 Å². The summed E-state index contributed by atoms with van der Waals surface area (Å²) < 4.78 is 12.8. The molecule has 0 spiro atoms. The monoisotopic (exact) mass is 684 g/mol. The SMILES string of the molecule is O=C(O)CC(O)(CC(=O)OC(CC(=O)O)(CC(=O)O)C(=O)O)C(=O)O.O=C(O)CCC(=O)OC(=O)CCC(=O)OC(=O)CCC(=O)O. The maximum atomic E-state index is 11.7.